The first-order valence-corrected chi connectivity index (χ1v) is 5.16. The van der Waals surface area contributed by atoms with Crippen molar-refractivity contribution in [2.75, 3.05) is 6.61 Å². The molecule has 0 saturated heterocycles. The average Bonchev–Trinajstić information content (AvgIpc) is 2.18. The lowest BCUT2D eigenvalue weighted by Gasteiger charge is -2.16. The fourth-order valence-electron chi connectivity index (χ4n) is 1.60. The topological polar surface area (TPSA) is 58.9 Å². The molecule has 1 rings (SSSR count). The van der Waals surface area contributed by atoms with Crippen molar-refractivity contribution in [3.8, 4) is 0 Å². The van der Waals surface area contributed by atoms with E-state index < -0.39 is 5.97 Å². The minimum atomic E-state index is -0.849. The Kier molecular flexibility index (Phi) is 5.04. The smallest absolute Gasteiger partial charge is 0.306 e. The van der Waals surface area contributed by atoms with Gasteiger partial charge in [-0.05, 0) is 18.8 Å². The maximum Gasteiger partial charge on any atom is 0.306 e. The highest BCUT2D eigenvalue weighted by molar-refractivity contribution is 5.66. The maximum atomic E-state index is 10.1. The molecule has 0 spiro atoms. The largest absolute Gasteiger partial charge is 0.481 e. The molecule has 0 heterocycles. The van der Waals surface area contributed by atoms with Gasteiger partial charge < -0.3 is 9.94 Å². The molecule has 0 radical (unpaired) electrons. The first-order valence-electron chi connectivity index (χ1n) is 5.16. The molecule has 4 heteroatoms. The van der Waals surface area contributed by atoms with Crippen molar-refractivity contribution in [1.82, 2.24) is 0 Å². The van der Waals surface area contributed by atoms with Crippen molar-refractivity contribution in [1.29, 1.82) is 0 Å². The number of carboxylic acids is 1. The average molecular weight is 199 g/mol. The molecule has 0 amide bonds. The van der Waals surface area contributed by atoms with Gasteiger partial charge in [0.15, 0.2) is 0 Å². The van der Waals surface area contributed by atoms with E-state index in [2.05, 4.69) is 5.16 Å². The molecule has 1 aliphatic rings. The predicted molar refractivity (Wildman–Crippen MR) is 53.3 cm³/mol. The summed E-state index contributed by atoms with van der Waals surface area (Å²) in [6, 6.07) is 0. The molecule has 0 atom stereocenters. The molecule has 0 aromatic carbocycles. The Bertz CT molecular complexity index is 198. The van der Waals surface area contributed by atoms with Gasteiger partial charge in [0.25, 0.3) is 0 Å². The van der Waals surface area contributed by atoms with Crippen LogP contribution in [0.3, 0.4) is 0 Å². The molecule has 14 heavy (non-hydrogen) atoms. The molecule has 1 fully saturated rings. The lowest BCUT2D eigenvalue weighted by atomic mass is 9.90. The van der Waals surface area contributed by atoms with E-state index in [9.17, 15) is 4.79 Å². The van der Waals surface area contributed by atoms with E-state index in [1.54, 1.807) is 0 Å². The molecular formula is C10H17NO3. The fraction of sp³-hybridized carbons (Fsp3) is 0.800. The molecule has 0 bridgehead atoms. The number of carboxylic acid groups (broad SMARTS) is 1. The Morgan fingerprint density at radius 3 is 2.79 bits per heavy atom. The number of carbonyl (C=O) groups is 1. The number of oxime groups is 1. The first kappa shape index (κ1) is 11.0. The number of hydrogen-bond donors (Lipinski definition) is 1. The Morgan fingerprint density at radius 1 is 1.43 bits per heavy atom. The second kappa shape index (κ2) is 6.40. The van der Waals surface area contributed by atoms with E-state index in [-0.39, 0.29) is 13.0 Å². The highest BCUT2D eigenvalue weighted by Gasteiger charge is 2.10. The van der Waals surface area contributed by atoms with Gasteiger partial charge in [-0.1, -0.05) is 24.4 Å². The van der Waals surface area contributed by atoms with Crippen molar-refractivity contribution < 1.29 is 14.7 Å². The second-order valence-corrected chi connectivity index (χ2v) is 3.63. The molecule has 0 aromatic rings. The minimum Gasteiger partial charge on any atom is -0.481 e. The Balaban J connectivity index is 2.04. The summed E-state index contributed by atoms with van der Waals surface area (Å²) in [6.45, 7) is 0.165. The van der Waals surface area contributed by atoms with Gasteiger partial charge >= 0.3 is 5.97 Å². The zero-order valence-corrected chi connectivity index (χ0v) is 8.32. The summed E-state index contributed by atoms with van der Waals surface area (Å²) < 4.78 is 0. The summed E-state index contributed by atoms with van der Waals surface area (Å²) in [5, 5.41) is 12.1. The van der Waals surface area contributed by atoms with Crippen LogP contribution in [0.5, 0.6) is 0 Å². The summed E-state index contributed by atoms with van der Waals surface area (Å²) in [7, 11) is 0. The number of aliphatic carboxylic acids is 1. The van der Waals surface area contributed by atoms with Crippen LogP contribution >= 0.6 is 0 Å². The molecule has 0 aromatic heterocycles. The zero-order chi connectivity index (χ0) is 10.2. The molecule has 0 aliphatic heterocycles. The first-order chi connectivity index (χ1) is 6.79. The van der Waals surface area contributed by atoms with Crippen LogP contribution in [-0.2, 0) is 9.63 Å². The lowest BCUT2D eigenvalue weighted by molar-refractivity contribution is -0.138. The Morgan fingerprint density at radius 2 is 2.14 bits per heavy atom. The van der Waals surface area contributed by atoms with Crippen LogP contribution in [0.25, 0.3) is 0 Å². The number of nitrogens with zero attached hydrogens (tertiary/aromatic N) is 1. The second-order valence-electron chi connectivity index (χ2n) is 3.63. The number of rotatable bonds is 5. The van der Waals surface area contributed by atoms with Crippen LogP contribution in [0, 0.1) is 5.92 Å². The summed E-state index contributed by atoms with van der Waals surface area (Å²) in [5.74, 6) is -0.313. The standard InChI is InChI=1S/C10H17NO3/c12-10(13)6-7-14-11-8-9-4-2-1-3-5-9/h8-9H,1-7H2,(H,12,13)/b11-8+. The van der Waals surface area contributed by atoms with Crippen molar-refractivity contribution in [3.05, 3.63) is 0 Å². The van der Waals surface area contributed by atoms with Gasteiger partial charge in [0.2, 0.25) is 0 Å². The monoisotopic (exact) mass is 199 g/mol. The highest BCUT2D eigenvalue weighted by Crippen LogP contribution is 2.21. The van der Waals surface area contributed by atoms with E-state index in [0.29, 0.717) is 5.92 Å². The highest BCUT2D eigenvalue weighted by atomic mass is 16.6. The summed E-state index contributed by atoms with van der Waals surface area (Å²) in [6.07, 6.45) is 8.07. The molecule has 1 aliphatic carbocycles. The van der Waals surface area contributed by atoms with Crippen LogP contribution in [0.15, 0.2) is 5.16 Å². The van der Waals surface area contributed by atoms with Gasteiger partial charge in [0.05, 0.1) is 6.42 Å². The van der Waals surface area contributed by atoms with Gasteiger partial charge in [-0.15, -0.1) is 0 Å². The van der Waals surface area contributed by atoms with E-state index in [0.717, 1.165) is 0 Å². The van der Waals surface area contributed by atoms with Crippen LogP contribution in [0.1, 0.15) is 38.5 Å². The van der Waals surface area contributed by atoms with Gasteiger partial charge in [-0.3, -0.25) is 4.79 Å². The van der Waals surface area contributed by atoms with Gasteiger partial charge in [0.1, 0.15) is 6.61 Å². The Hall–Kier alpha value is -1.06. The quantitative estimate of drug-likeness (QED) is 0.419. The van der Waals surface area contributed by atoms with Crippen molar-refractivity contribution in [3.63, 3.8) is 0 Å². The Labute approximate surface area is 83.9 Å². The van der Waals surface area contributed by atoms with Gasteiger partial charge in [-0.25, -0.2) is 0 Å². The predicted octanol–water partition coefficient (Wildman–Crippen LogP) is 2.04. The molecular weight excluding hydrogens is 182 g/mol. The molecule has 1 saturated carbocycles. The van der Waals surface area contributed by atoms with Gasteiger partial charge in [0, 0.05) is 6.21 Å². The van der Waals surface area contributed by atoms with Crippen LogP contribution in [-0.4, -0.2) is 23.9 Å². The number of hydrogen-bond acceptors (Lipinski definition) is 3. The molecule has 80 valence electrons. The molecule has 1 N–H and O–H groups in total. The van der Waals surface area contributed by atoms with E-state index in [1.165, 1.54) is 32.1 Å². The fourth-order valence-corrected chi connectivity index (χ4v) is 1.60. The third-order valence-electron chi connectivity index (χ3n) is 2.40. The van der Waals surface area contributed by atoms with Crippen LogP contribution < -0.4 is 0 Å². The third-order valence-corrected chi connectivity index (χ3v) is 2.40. The SMILES string of the molecule is O=C(O)CCO/N=C/C1CCCCC1. The van der Waals surface area contributed by atoms with Crippen LogP contribution in [0.4, 0.5) is 0 Å². The molecule has 4 nitrogen and oxygen atoms in total. The normalized spacial score (nSPS) is 18.6. The lowest BCUT2D eigenvalue weighted by Crippen LogP contribution is -2.07. The van der Waals surface area contributed by atoms with Crippen molar-refractivity contribution in [2.24, 2.45) is 11.1 Å². The summed E-state index contributed by atoms with van der Waals surface area (Å²) in [5.41, 5.74) is 0. The van der Waals surface area contributed by atoms with Gasteiger partial charge in [-0.2, -0.15) is 0 Å². The summed E-state index contributed by atoms with van der Waals surface area (Å²) >= 11 is 0. The maximum absolute atomic E-state index is 10.1. The minimum absolute atomic E-state index is 0.0159. The van der Waals surface area contributed by atoms with E-state index >= 15 is 0 Å². The molecule has 0 unspecified atom stereocenters. The third kappa shape index (κ3) is 4.84. The van der Waals surface area contributed by atoms with Crippen molar-refractivity contribution >= 4 is 12.2 Å². The van der Waals surface area contributed by atoms with E-state index in [1.807, 2.05) is 6.21 Å². The van der Waals surface area contributed by atoms with Crippen molar-refractivity contribution in [2.45, 2.75) is 38.5 Å². The zero-order valence-electron chi connectivity index (χ0n) is 8.32. The van der Waals surface area contributed by atoms with Crippen LogP contribution in [0.2, 0.25) is 0 Å². The summed E-state index contributed by atoms with van der Waals surface area (Å²) in [4.78, 5) is 15.0. The van der Waals surface area contributed by atoms with E-state index in [4.69, 9.17) is 9.94 Å².